The van der Waals surface area contributed by atoms with Gasteiger partial charge in [-0.25, -0.2) is 0 Å². The second-order valence-electron chi connectivity index (χ2n) is 13.7. The Labute approximate surface area is 319 Å². The summed E-state index contributed by atoms with van der Waals surface area (Å²) in [4.78, 5) is 2.41. The van der Waals surface area contributed by atoms with Crippen molar-refractivity contribution in [2.24, 2.45) is 0 Å². The Bertz CT molecular complexity index is 2880. The summed E-state index contributed by atoms with van der Waals surface area (Å²) in [5.74, 6) is 0. The maximum atomic E-state index is 2.41. The Morgan fingerprint density at radius 3 is 1.37 bits per heavy atom. The number of thiophene rings is 1. The SMILES string of the molecule is c1ccc(-c2ccc(N(c3ccc(-c4ccc(-c5cccc6cccc(-c7ccccc7)c56)cc4)cc3)c3cccc4c3sc3ccccc34)cc2)cc1. The van der Waals surface area contributed by atoms with E-state index in [1.807, 2.05) is 11.3 Å². The predicted octanol–water partition coefficient (Wildman–Crippen LogP) is 15.3. The van der Waals surface area contributed by atoms with Gasteiger partial charge in [0, 0.05) is 26.8 Å². The van der Waals surface area contributed by atoms with E-state index < -0.39 is 0 Å². The van der Waals surface area contributed by atoms with Gasteiger partial charge < -0.3 is 4.90 Å². The Morgan fingerprint density at radius 1 is 0.315 bits per heavy atom. The molecule has 9 aromatic carbocycles. The Morgan fingerprint density at radius 2 is 0.759 bits per heavy atom. The highest BCUT2D eigenvalue weighted by Gasteiger charge is 2.18. The maximum Gasteiger partial charge on any atom is 0.0640 e. The number of benzene rings is 9. The van der Waals surface area contributed by atoms with Gasteiger partial charge in [-0.2, -0.15) is 0 Å². The van der Waals surface area contributed by atoms with Gasteiger partial charge in [-0.05, 0) is 91.7 Å². The summed E-state index contributed by atoms with van der Waals surface area (Å²) in [6, 6.07) is 77.0. The molecule has 0 atom stereocenters. The molecule has 0 aliphatic heterocycles. The van der Waals surface area contributed by atoms with Gasteiger partial charge >= 0.3 is 0 Å². The van der Waals surface area contributed by atoms with Crippen LogP contribution in [0, 0.1) is 0 Å². The first-order chi connectivity index (χ1) is 26.8. The van der Waals surface area contributed by atoms with Crippen LogP contribution in [0.4, 0.5) is 17.1 Å². The lowest BCUT2D eigenvalue weighted by Gasteiger charge is -2.26. The highest BCUT2D eigenvalue weighted by atomic mass is 32.1. The number of nitrogens with zero attached hydrogens (tertiary/aromatic N) is 1. The van der Waals surface area contributed by atoms with Gasteiger partial charge in [-0.3, -0.25) is 0 Å². The minimum atomic E-state index is 1.12. The van der Waals surface area contributed by atoms with E-state index >= 15 is 0 Å². The van der Waals surface area contributed by atoms with E-state index in [0.717, 1.165) is 11.4 Å². The third-order valence-corrected chi connectivity index (χ3v) is 11.7. The van der Waals surface area contributed by atoms with Gasteiger partial charge in [0.05, 0.1) is 10.4 Å². The van der Waals surface area contributed by atoms with E-state index in [1.165, 1.54) is 81.1 Å². The van der Waals surface area contributed by atoms with Crippen molar-refractivity contribution >= 4 is 59.3 Å². The molecule has 0 spiro atoms. The van der Waals surface area contributed by atoms with Crippen molar-refractivity contribution in [1.82, 2.24) is 0 Å². The molecule has 10 aromatic rings. The largest absolute Gasteiger partial charge is 0.309 e. The Hall–Kier alpha value is -6.74. The van der Waals surface area contributed by atoms with Crippen molar-refractivity contribution < 1.29 is 0 Å². The third kappa shape index (κ3) is 5.74. The standard InChI is InChI=1S/C52H35NS/c1-3-12-36(13-4-1)38-28-32-43(33-29-38)53(49-22-11-21-48-47-18-7-8-23-50(47)54-52(48)49)44-34-30-39(31-35-44)37-24-26-41(27-25-37)46-20-10-17-42-16-9-19-45(51(42)46)40-14-5-2-6-15-40/h1-35H. The molecular weight excluding hydrogens is 671 g/mol. The molecule has 0 saturated carbocycles. The van der Waals surface area contributed by atoms with Gasteiger partial charge in [0.25, 0.3) is 0 Å². The molecule has 0 bridgehead atoms. The highest BCUT2D eigenvalue weighted by molar-refractivity contribution is 7.26. The molecule has 1 heterocycles. The fraction of sp³-hybridized carbons (Fsp3) is 0. The molecule has 10 rings (SSSR count). The second-order valence-corrected chi connectivity index (χ2v) is 14.8. The fourth-order valence-corrected chi connectivity index (χ4v) is 9.06. The second kappa shape index (κ2) is 13.7. The highest BCUT2D eigenvalue weighted by Crippen LogP contribution is 2.45. The molecule has 0 radical (unpaired) electrons. The van der Waals surface area contributed by atoms with Crippen LogP contribution in [0.1, 0.15) is 0 Å². The van der Waals surface area contributed by atoms with Gasteiger partial charge in [-0.15, -0.1) is 11.3 Å². The van der Waals surface area contributed by atoms with E-state index in [0.29, 0.717) is 0 Å². The molecule has 254 valence electrons. The summed E-state index contributed by atoms with van der Waals surface area (Å²) in [5.41, 5.74) is 13.2. The molecule has 2 heteroatoms. The zero-order chi connectivity index (χ0) is 35.8. The smallest absolute Gasteiger partial charge is 0.0640 e. The molecule has 0 fully saturated rings. The molecule has 1 nitrogen and oxygen atoms in total. The number of fused-ring (bicyclic) bond motifs is 4. The molecule has 0 amide bonds. The number of hydrogen-bond donors (Lipinski definition) is 0. The van der Waals surface area contributed by atoms with E-state index in [2.05, 4.69) is 217 Å². The van der Waals surface area contributed by atoms with Gasteiger partial charge in [0.1, 0.15) is 0 Å². The zero-order valence-corrected chi connectivity index (χ0v) is 30.4. The van der Waals surface area contributed by atoms with Crippen molar-refractivity contribution in [3.8, 4) is 44.5 Å². The number of anilines is 3. The minimum absolute atomic E-state index is 1.12. The predicted molar refractivity (Wildman–Crippen MR) is 233 cm³/mol. The molecule has 0 aliphatic carbocycles. The third-order valence-electron chi connectivity index (χ3n) is 10.5. The molecule has 0 aliphatic rings. The van der Waals surface area contributed by atoms with Crippen LogP contribution >= 0.6 is 11.3 Å². The first kappa shape index (κ1) is 32.0. The monoisotopic (exact) mass is 705 g/mol. The van der Waals surface area contributed by atoms with E-state index in [4.69, 9.17) is 0 Å². The summed E-state index contributed by atoms with van der Waals surface area (Å²) < 4.78 is 2.59. The molecule has 0 saturated heterocycles. The van der Waals surface area contributed by atoms with Gasteiger partial charge in [-0.1, -0.05) is 176 Å². The Balaban J connectivity index is 1.03. The summed E-state index contributed by atoms with van der Waals surface area (Å²) in [6.07, 6.45) is 0. The lowest BCUT2D eigenvalue weighted by Crippen LogP contribution is -2.10. The first-order valence-electron chi connectivity index (χ1n) is 18.4. The van der Waals surface area contributed by atoms with Crippen LogP contribution in [0.25, 0.3) is 75.5 Å². The summed E-state index contributed by atoms with van der Waals surface area (Å²) in [7, 11) is 0. The van der Waals surface area contributed by atoms with Gasteiger partial charge in [0.15, 0.2) is 0 Å². The van der Waals surface area contributed by atoms with Crippen LogP contribution in [0.5, 0.6) is 0 Å². The van der Waals surface area contributed by atoms with Crippen LogP contribution in [0.3, 0.4) is 0 Å². The van der Waals surface area contributed by atoms with Crippen LogP contribution in [-0.4, -0.2) is 0 Å². The normalized spacial score (nSPS) is 11.3. The molecule has 54 heavy (non-hydrogen) atoms. The number of rotatable bonds is 7. The summed E-state index contributed by atoms with van der Waals surface area (Å²) in [6.45, 7) is 0. The van der Waals surface area contributed by atoms with Crippen LogP contribution in [0.2, 0.25) is 0 Å². The van der Waals surface area contributed by atoms with Crippen LogP contribution in [0.15, 0.2) is 212 Å². The van der Waals surface area contributed by atoms with Crippen LogP contribution in [-0.2, 0) is 0 Å². The molecular formula is C52H35NS. The molecule has 0 N–H and O–H groups in total. The summed E-state index contributed by atoms with van der Waals surface area (Å²) >= 11 is 1.86. The van der Waals surface area contributed by atoms with E-state index in [-0.39, 0.29) is 0 Å². The average molecular weight is 706 g/mol. The van der Waals surface area contributed by atoms with Crippen molar-refractivity contribution in [3.63, 3.8) is 0 Å². The van der Waals surface area contributed by atoms with Crippen molar-refractivity contribution in [2.45, 2.75) is 0 Å². The van der Waals surface area contributed by atoms with Crippen molar-refractivity contribution in [3.05, 3.63) is 212 Å². The lowest BCUT2D eigenvalue weighted by atomic mass is 9.91. The number of hydrogen-bond acceptors (Lipinski definition) is 2. The first-order valence-corrected chi connectivity index (χ1v) is 19.2. The lowest BCUT2D eigenvalue weighted by molar-refractivity contribution is 1.30. The molecule has 0 unspecified atom stereocenters. The Kier molecular flexibility index (Phi) is 8.09. The fourth-order valence-electron chi connectivity index (χ4n) is 7.85. The minimum Gasteiger partial charge on any atom is -0.309 e. The quantitative estimate of drug-likeness (QED) is 0.160. The zero-order valence-electron chi connectivity index (χ0n) is 29.6. The van der Waals surface area contributed by atoms with Gasteiger partial charge in [0.2, 0.25) is 0 Å². The average Bonchev–Trinajstić information content (AvgIpc) is 3.64. The topological polar surface area (TPSA) is 3.24 Å². The van der Waals surface area contributed by atoms with Crippen molar-refractivity contribution in [2.75, 3.05) is 4.90 Å². The van der Waals surface area contributed by atoms with Crippen molar-refractivity contribution in [1.29, 1.82) is 0 Å². The summed E-state index contributed by atoms with van der Waals surface area (Å²) in [5, 5.41) is 5.13. The van der Waals surface area contributed by atoms with Crippen LogP contribution < -0.4 is 4.90 Å². The molecule has 1 aromatic heterocycles. The maximum absolute atomic E-state index is 2.41. The van der Waals surface area contributed by atoms with E-state index in [1.54, 1.807) is 0 Å². The van der Waals surface area contributed by atoms with E-state index in [9.17, 15) is 0 Å².